The molecule has 1 fully saturated rings. The third kappa shape index (κ3) is 2.90. The van der Waals surface area contributed by atoms with E-state index in [2.05, 4.69) is 5.16 Å². The summed E-state index contributed by atoms with van der Waals surface area (Å²) < 4.78 is 10.5. The van der Waals surface area contributed by atoms with Crippen LogP contribution in [-0.4, -0.2) is 41.8 Å². The number of morpholine rings is 1. The molecule has 0 unspecified atom stereocenters. The molecule has 0 saturated carbocycles. The number of carbonyl (C=O) groups is 1. The Morgan fingerprint density at radius 1 is 1.50 bits per heavy atom. The van der Waals surface area contributed by atoms with Gasteiger partial charge in [0.25, 0.3) is 0 Å². The van der Waals surface area contributed by atoms with Crippen LogP contribution in [0.2, 0.25) is 0 Å². The van der Waals surface area contributed by atoms with Gasteiger partial charge in [0.2, 0.25) is 5.91 Å². The minimum Gasteiger partial charge on any atom is -0.375 e. The molecule has 5 heteroatoms. The molecule has 1 amide bonds. The highest BCUT2D eigenvalue weighted by molar-refractivity contribution is 5.76. The summed E-state index contributed by atoms with van der Waals surface area (Å²) in [5.41, 5.74) is 1.94. The zero-order valence-corrected chi connectivity index (χ0v) is 11.2. The van der Waals surface area contributed by atoms with E-state index < -0.39 is 0 Å². The smallest absolute Gasteiger partial charge is 0.223 e. The van der Waals surface area contributed by atoms with Gasteiger partial charge in [-0.25, -0.2) is 0 Å². The lowest BCUT2D eigenvalue weighted by molar-refractivity contribution is -0.138. The lowest BCUT2D eigenvalue weighted by Crippen LogP contribution is -2.44. The summed E-state index contributed by atoms with van der Waals surface area (Å²) in [6.07, 6.45) is 1.35. The third-order valence-corrected chi connectivity index (χ3v) is 3.36. The SMILES string of the molecule is Cc1noc(C)c1CCC(=O)N1CCO[C@@H](C)C1. The number of amides is 1. The van der Waals surface area contributed by atoms with E-state index in [0.717, 1.165) is 17.0 Å². The quantitative estimate of drug-likeness (QED) is 0.817. The van der Waals surface area contributed by atoms with Crippen LogP contribution in [-0.2, 0) is 16.0 Å². The Morgan fingerprint density at radius 2 is 2.28 bits per heavy atom. The van der Waals surface area contributed by atoms with Crippen LogP contribution in [0.3, 0.4) is 0 Å². The van der Waals surface area contributed by atoms with Gasteiger partial charge in [-0.05, 0) is 27.2 Å². The fraction of sp³-hybridized carbons (Fsp3) is 0.692. The van der Waals surface area contributed by atoms with E-state index in [1.54, 1.807) is 0 Å². The maximum Gasteiger partial charge on any atom is 0.223 e. The molecule has 2 heterocycles. The lowest BCUT2D eigenvalue weighted by atomic mass is 10.1. The fourth-order valence-corrected chi connectivity index (χ4v) is 2.29. The Hall–Kier alpha value is -1.36. The molecule has 0 aromatic carbocycles. The van der Waals surface area contributed by atoms with E-state index in [9.17, 15) is 4.79 Å². The van der Waals surface area contributed by atoms with Crippen molar-refractivity contribution in [3.8, 4) is 0 Å². The Kier molecular flexibility index (Phi) is 4.01. The monoisotopic (exact) mass is 252 g/mol. The van der Waals surface area contributed by atoms with Gasteiger partial charge < -0.3 is 14.2 Å². The van der Waals surface area contributed by atoms with Crippen LogP contribution < -0.4 is 0 Å². The molecule has 0 N–H and O–H groups in total. The minimum absolute atomic E-state index is 0.141. The molecule has 1 aliphatic rings. The van der Waals surface area contributed by atoms with Gasteiger partial charge in [0, 0.05) is 25.1 Å². The molecule has 0 radical (unpaired) electrons. The summed E-state index contributed by atoms with van der Waals surface area (Å²) in [4.78, 5) is 14.0. The Bertz CT molecular complexity index is 408. The zero-order valence-electron chi connectivity index (χ0n) is 11.2. The van der Waals surface area contributed by atoms with Crippen molar-refractivity contribution >= 4 is 5.91 Å². The number of aromatic nitrogens is 1. The molecule has 0 spiro atoms. The molecule has 1 saturated heterocycles. The normalized spacial score (nSPS) is 20.2. The average molecular weight is 252 g/mol. The van der Waals surface area contributed by atoms with Crippen molar-refractivity contribution in [2.45, 2.75) is 39.7 Å². The Labute approximate surface area is 107 Å². The minimum atomic E-state index is 0.141. The number of carbonyl (C=O) groups excluding carboxylic acids is 1. The molecular formula is C13H20N2O3. The van der Waals surface area contributed by atoms with E-state index in [-0.39, 0.29) is 12.0 Å². The van der Waals surface area contributed by atoms with Gasteiger partial charge in [0.05, 0.1) is 18.4 Å². The molecule has 2 rings (SSSR count). The Balaban J connectivity index is 1.88. The largest absolute Gasteiger partial charge is 0.375 e. The second kappa shape index (κ2) is 5.52. The van der Waals surface area contributed by atoms with Gasteiger partial charge in [-0.2, -0.15) is 0 Å². The topological polar surface area (TPSA) is 55.6 Å². The van der Waals surface area contributed by atoms with Gasteiger partial charge in [-0.1, -0.05) is 5.16 Å². The van der Waals surface area contributed by atoms with Crippen molar-refractivity contribution in [1.82, 2.24) is 10.1 Å². The standard InChI is InChI=1S/C13H20N2O3/c1-9-8-15(6-7-17-9)13(16)5-4-12-10(2)14-18-11(12)3/h9H,4-8H2,1-3H3/t9-/m0/s1. The van der Waals surface area contributed by atoms with Crippen LogP contribution in [0.5, 0.6) is 0 Å². The predicted molar refractivity (Wildman–Crippen MR) is 66.3 cm³/mol. The first kappa shape index (κ1) is 13.1. The summed E-state index contributed by atoms with van der Waals surface area (Å²) in [7, 11) is 0. The summed E-state index contributed by atoms with van der Waals surface area (Å²) in [5.74, 6) is 1.00. The molecule has 1 atom stereocenters. The number of nitrogens with zero attached hydrogens (tertiary/aromatic N) is 2. The molecule has 100 valence electrons. The van der Waals surface area contributed by atoms with Crippen molar-refractivity contribution in [3.05, 3.63) is 17.0 Å². The van der Waals surface area contributed by atoms with E-state index in [4.69, 9.17) is 9.26 Å². The highest BCUT2D eigenvalue weighted by Gasteiger charge is 2.21. The van der Waals surface area contributed by atoms with Crippen molar-refractivity contribution in [2.24, 2.45) is 0 Å². The van der Waals surface area contributed by atoms with E-state index in [0.29, 0.717) is 32.5 Å². The molecule has 1 aliphatic heterocycles. The van der Waals surface area contributed by atoms with Gasteiger partial charge in [0.1, 0.15) is 5.76 Å². The number of aryl methyl sites for hydroxylation is 2. The maximum atomic E-state index is 12.1. The number of hydrogen-bond donors (Lipinski definition) is 0. The van der Waals surface area contributed by atoms with Gasteiger partial charge in [0.15, 0.2) is 0 Å². The van der Waals surface area contributed by atoms with Crippen molar-refractivity contribution in [3.63, 3.8) is 0 Å². The number of hydrogen-bond acceptors (Lipinski definition) is 4. The third-order valence-electron chi connectivity index (χ3n) is 3.36. The predicted octanol–water partition coefficient (Wildman–Crippen LogP) is 1.47. The molecule has 1 aromatic rings. The number of ether oxygens (including phenoxy) is 1. The molecular weight excluding hydrogens is 232 g/mol. The zero-order chi connectivity index (χ0) is 13.1. The van der Waals surface area contributed by atoms with Crippen LogP contribution >= 0.6 is 0 Å². The van der Waals surface area contributed by atoms with E-state index in [1.807, 2.05) is 25.7 Å². The van der Waals surface area contributed by atoms with E-state index in [1.165, 1.54) is 0 Å². The van der Waals surface area contributed by atoms with Crippen LogP contribution in [0.4, 0.5) is 0 Å². The Morgan fingerprint density at radius 3 is 2.89 bits per heavy atom. The van der Waals surface area contributed by atoms with Crippen molar-refractivity contribution in [1.29, 1.82) is 0 Å². The first-order valence-corrected chi connectivity index (χ1v) is 6.39. The van der Waals surface area contributed by atoms with Gasteiger partial charge >= 0.3 is 0 Å². The highest BCUT2D eigenvalue weighted by atomic mass is 16.5. The second-order valence-corrected chi connectivity index (χ2v) is 4.82. The molecule has 1 aromatic heterocycles. The summed E-state index contributed by atoms with van der Waals surface area (Å²) in [6.45, 7) is 7.82. The maximum absolute atomic E-state index is 12.1. The van der Waals surface area contributed by atoms with E-state index >= 15 is 0 Å². The van der Waals surface area contributed by atoms with Crippen molar-refractivity contribution < 1.29 is 14.1 Å². The second-order valence-electron chi connectivity index (χ2n) is 4.82. The molecule has 0 aliphatic carbocycles. The van der Waals surface area contributed by atoms with Crippen LogP contribution in [0.25, 0.3) is 0 Å². The van der Waals surface area contributed by atoms with Crippen LogP contribution in [0.1, 0.15) is 30.4 Å². The van der Waals surface area contributed by atoms with Gasteiger partial charge in [-0.3, -0.25) is 4.79 Å². The average Bonchev–Trinajstić information content (AvgIpc) is 2.66. The van der Waals surface area contributed by atoms with Crippen LogP contribution in [0.15, 0.2) is 4.52 Å². The lowest BCUT2D eigenvalue weighted by Gasteiger charge is -2.31. The summed E-state index contributed by atoms with van der Waals surface area (Å²) in [6, 6.07) is 0. The highest BCUT2D eigenvalue weighted by Crippen LogP contribution is 2.15. The fourth-order valence-electron chi connectivity index (χ4n) is 2.29. The molecule has 18 heavy (non-hydrogen) atoms. The summed E-state index contributed by atoms with van der Waals surface area (Å²) in [5, 5.41) is 3.90. The molecule has 5 nitrogen and oxygen atoms in total. The first-order valence-electron chi connectivity index (χ1n) is 6.39. The van der Waals surface area contributed by atoms with Crippen LogP contribution in [0, 0.1) is 13.8 Å². The number of rotatable bonds is 3. The first-order chi connectivity index (χ1) is 8.58. The summed E-state index contributed by atoms with van der Waals surface area (Å²) >= 11 is 0. The van der Waals surface area contributed by atoms with Crippen molar-refractivity contribution in [2.75, 3.05) is 19.7 Å². The van der Waals surface area contributed by atoms with Gasteiger partial charge in [-0.15, -0.1) is 0 Å². The molecule has 0 bridgehead atoms.